The molecule has 234 valence electrons. The summed E-state index contributed by atoms with van der Waals surface area (Å²) in [4.78, 5) is 0. The molecule has 8 aliphatic rings. The zero-order chi connectivity index (χ0) is 29.1. The highest BCUT2D eigenvalue weighted by molar-refractivity contribution is 5.95. The van der Waals surface area contributed by atoms with Crippen LogP contribution in [0.3, 0.4) is 0 Å². The predicted molar refractivity (Wildman–Crippen MR) is 170 cm³/mol. The molecule has 0 aliphatic heterocycles. The maximum absolute atomic E-state index is 10.4. The third kappa shape index (κ3) is 3.97. The van der Waals surface area contributed by atoms with Crippen LogP contribution >= 0.6 is 0 Å². The van der Waals surface area contributed by atoms with E-state index in [2.05, 4.69) is 27.7 Å². The second-order valence-corrected chi connectivity index (χ2v) is 18.3. The maximum atomic E-state index is 10.4. The Kier molecular flexibility index (Phi) is 6.75. The first-order valence-corrected chi connectivity index (χ1v) is 18.6. The quantitative estimate of drug-likeness (QED) is 0.307. The zero-order valence-electron chi connectivity index (χ0n) is 27.3. The number of fused-ring (bicyclic) bond motifs is 10. The van der Waals surface area contributed by atoms with E-state index in [4.69, 9.17) is 10.2 Å². The number of aliphatic hydroxyl groups excluding tert-OH is 2. The molecule has 0 radical (unpaired) electrons. The fourth-order valence-corrected chi connectivity index (χ4v) is 14.5. The summed E-state index contributed by atoms with van der Waals surface area (Å²) in [6, 6.07) is 0. The van der Waals surface area contributed by atoms with E-state index in [1.54, 1.807) is 0 Å². The van der Waals surface area contributed by atoms with Crippen LogP contribution in [0.2, 0.25) is 0 Å². The van der Waals surface area contributed by atoms with Crippen molar-refractivity contribution in [1.29, 1.82) is 0 Å². The van der Waals surface area contributed by atoms with E-state index in [-0.39, 0.29) is 23.0 Å². The molecule has 0 amide bonds. The number of nitrogens with zero attached hydrogens (tertiary/aromatic N) is 2. The average Bonchev–Trinajstić information content (AvgIpc) is 3.48. The largest absolute Gasteiger partial charge is 0.393 e. The average molecular weight is 577 g/mol. The third-order valence-corrected chi connectivity index (χ3v) is 17.0. The fourth-order valence-electron chi connectivity index (χ4n) is 14.5. The van der Waals surface area contributed by atoms with E-state index in [9.17, 15) is 10.2 Å². The number of hydrogen-bond acceptors (Lipinski definition) is 4. The van der Waals surface area contributed by atoms with Crippen molar-refractivity contribution in [3.05, 3.63) is 0 Å². The Labute approximate surface area is 256 Å². The van der Waals surface area contributed by atoms with Crippen LogP contribution in [0.1, 0.15) is 143 Å². The van der Waals surface area contributed by atoms with E-state index in [0.29, 0.717) is 10.8 Å². The second-order valence-electron chi connectivity index (χ2n) is 18.3. The maximum Gasteiger partial charge on any atom is 0.0543 e. The molecule has 8 fully saturated rings. The highest BCUT2D eigenvalue weighted by Gasteiger charge is 2.61. The summed E-state index contributed by atoms with van der Waals surface area (Å²) in [6.07, 6.45) is 22.2. The summed E-state index contributed by atoms with van der Waals surface area (Å²) >= 11 is 0. The molecule has 8 rings (SSSR count). The van der Waals surface area contributed by atoms with Gasteiger partial charge in [0, 0.05) is 22.3 Å². The minimum Gasteiger partial charge on any atom is -0.393 e. The van der Waals surface area contributed by atoms with Crippen molar-refractivity contribution in [2.45, 2.75) is 155 Å². The molecule has 2 unspecified atom stereocenters. The normalized spacial score (nSPS) is 58.9. The van der Waals surface area contributed by atoms with Gasteiger partial charge in [-0.25, -0.2) is 0 Å². The van der Waals surface area contributed by atoms with Gasteiger partial charge in [-0.05, 0) is 174 Å². The fraction of sp³-hybridized carbons (Fsp3) is 0.947. The van der Waals surface area contributed by atoms with Crippen LogP contribution in [0.25, 0.3) is 0 Å². The first-order chi connectivity index (χ1) is 20.1. The molecule has 8 saturated carbocycles. The smallest absolute Gasteiger partial charge is 0.0543 e. The number of hydrogen-bond donors (Lipinski definition) is 2. The Morgan fingerprint density at radius 1 is 0.500 bits per heavy atom. The van der Waals surface area contributed by atoms with Gasteiger partial charge in [0.1, 0.15) is 0 Å². The van der Waals surface area contributed by atoms with Crippen LogP contribution in [0.5, 0.6) is 0 Å². The van der Waals surface area contributed by atoms with Crippen molar-refractivity contribution >= 4 is 11.4 Å². The monoisotopic (exact) mass is 576 g/mol. The molecule has 0 spiro atoms. The summed E-state index contributed by atoms with van der Waals surface area (Å²) < 4.78 is 0. The van der Waals surface area contributed by atoms with Crippen molar-refractivity contribution < 1.29 is 10.2 Å². The van der Waals surface area contributed by atoms with Gasteiger partial charge in [0.2, 0.25) is 0 Å². The Morgan fingerprint density at radius 2 is 0.929 bits per heavy atom. The number of rotatable bonds is 1. The van der Waals surface area contributed by atoms with Gasteiger partial charge < -0.3 is 10.2 Å². The summed E-state index contributed by atoms with van der Waals surface area (Å²) in [5.74, 6) is 6.44. The van der Waals surface area contributed by atoms with Gasteiger partial charge in [-0.1, -0.05) is 27.7 Å². The Hall–Kier alpha value is -0.740. The molecule has 0 aromatic carbocycles. The van der Waals surface area contributed by atoms with Gasteiger partial charge in [0.15, 0.2) is 0 Å². The van der Waals surface area contributed by atoms with Crippen LogP contribution in [-0.4, -0.2) is 33.8 Å². The van der Waals surface area contributed by atoms with Crippen molar-refractivity contribution in [2.75, 3.05) is 0 Å². The Balaban J connectivity index is 1.00. The molecule has 0 bridgehead atoms. The van der Waals surface area contributed by atoms with Gasteiger partial charge in [-0.3, -0.25) is 0 Å². The van der Waals surface area contributed by atoms with Crippen molar-refractivity contribution in [1.82, 2.24) is 0 Å². The van der Waals surface area contributed by atoms with Crippen LogP contribution in [0.4, 0.5) is 0 Å². The molecule has 0 heterocycles. The minimum atomic E-state index is -0.0516. The van der Waals surface area contributed by atoms with Crippen LogP contribution in [-0.2, 0) is 0 Å². The molecule has 0 aromatic rings. The lowest BCUT2D eigenvalue weighted by atomic mass is 9.45. The van der Waals surface area contributed by atoms with Crippen molar-refractivity contribution in [3.63, 3.8) is 0 Å². The molecule has 42 heavy (non-hydrogen) atoms. The predicted octanol–water partition coefficient (Wildman–Crippen LogP) is 8.59. The summed E-state index contributed by atoms with van der Waals surface area (Å²) in [7, 11) is 0. The molecular formula is C38H60N2O2. The lowest BCUT2D eigenvalue weighted by Gasteiger charge is -2.60. The molecular weight excluding hydrogens is 516 g/mol. The second kappa shape index (κ2) is 9.88. The van der Waals surface area contributed by atoms with Gasteiger partial charge in [-0.2, -0.15) is 10.2 Å². The van der Waals surface area contributed by atoms with E-state index < -0.39 is 0 Å². The van der Waals surface area contributed by atoms with Crippen molar-refractivity contribution in [2.24, 2.45) is 79.2 Å². The van der Waals surface area contributed by atoms with Gasteiger partial charge in [0.05, 0.1) is 12.2 Å². The lowest BCUT2D eigenvalue weighted by Crippen LogP contribution is -2.54. The van der Waals surface area contributed by atoms with Gasteiger partial charge >= 0.3 is 0 Å². The molecule has 4 heteroatoms. The SMILES string of the molecule is C[C@]12CC[C@H](O)CC1CC[C@@H]1[C@@H]2CC[C@]2(C)C(=NN=C3CC[C@H]4[C@@H]5CCC6C[C@@H](O)CC[C@]6(C)[C@H]5CC[C@]34C)CC[C@@H]12. The van der Waals surface area contributed by atoms with Gasteiger partial charge in [0.25, 0.3) is 0 Å². The van der Waals surface area contributed by atoms with E-state index in [1.807, 2.05) is 0 Å². The highest BCUT2D eigenvalue weighted by Crippen LogP contribution is 2.67. The van der Waals surface area contributed by atoms with Crippen LogP contribution in [0.15, 0.2) is 10.2 Å². The number of aliphatic hydroxyl groups is 2. The molecule has 0 aromatic heterocycles. The van der Waals surface area contributed by atoms with Crippen LogP contribution < -0.4 is 0 Å². The van der Waals surface area contributed by atoms with Crippen LogP contribution in [0, 0.1) is 69.0 Å². The minimum absolute atomic E-state index is 0.0516. The third-order valence-electron chi connectivity index (χ3n) is 17.0. The molecule has 2 N–H and O–H groups in total. The zero-order valence-corrected chi connectivity index (χ0v) is 27.3. The summed E-state index contributed by atoms with van der Waals surface area (Å²) in [6.45, 7) is 10.4. The summed E-state index contributed by atoms with van der Waals surface area (Å²) in [5, 5.41) is 31.4. The Bertz CT molecular complexity index is 1060. The molecule has 14 atom stereocenters. The molecule has 0 saturated heterocycles. The molecule has 4 nitrogen and oxygen atoms in total. The van der Waals surface area contributed by atoms with Crippen molar-refractivity contribution in [3.8, 4) is 0 Å². The first-order valence-electron chi connectivity index (χ1n) is 18.6. The summed E-state index contributed by atoms with van der Waals surface area (Å²) in [5.41, 5.74) is 4.28. The molecule has 8 aliphatic carbocycles. The topological polar surface area (TPSA) is 65.2 Å². The van der Waals surface area contributed by atoms with Gasteiger partial charge in [-0.15, -0.1) is 0 Å². The Morgan fingerprint density at radius 3 is 1.36 bits per heavy atom. The van der Waals surface area contributed by atoms with E-state index >= 15 is 0 Å². The standard InChI is InChI=1S/C38H60N2O2/c1-35-17-13-25(41)21-23(35)5-7-27-29-9-11-33(37(29,3)19-15-31(27)35)39-40-34-12-10-30-28-8-6-24-22-26(42)14-18-36(24,2)32(28)16-20-38(30,34)4/h23-32,41-42H,5-22H2,1-4H3/t23?,24?,25-,26-,27-,28-,29-,30-,31-,32-,35-,36-,37-,38-/m0/s1. The van der Waals surface area contributed by atoms with E-state index in [0.717, 1.165) is 85.9 Å². The lowest BCUT2D eigenvalue weighted by molar-refractivity contribution is -0.114. The van der Waals surface area contributed by atoms with E-state index in [1.165, 1.54) is 88.5 Å². The first kappa shape index (κ1) is 28.7. The highest BCUT2D eigenvalue weighted by atomic mass is 16.3.